The molecule has 1 aliphatic rings. The van der Waals surface area contributed by atoms with E-state index in [0.717, 1.165) is 29.9 Å². The third kappa shape index (κ3) is 2.31. The zero-order valence-corrected chi connectivity index (χ0v) is 11.8. The molecule has 0 bridgehead atoms. The van der Waals surface area contributed by atoms with E-state index in [1.807, 2.05) is 12.1 Å². The monoisotopic (exact) mass is 269 g/mol. The highest BCUT2D eigenvalue weighted by atomic mass is 16.5. The minimum Gasteiger partial charge on any atom is -0.497 e. The molecule has 1 atom stereocenters. The van der Waals surface area contributed by atoms with Crippen LogP contribution in [0.25, 0.3) is 0 Å². The van der Waals surface area contributed by atoms with E-state index in [9.17, 15) is 0 Å². The standard InChI is InChI=1S/C17H19NO2/c1-19-13-8-10-17(20-2)14(11-13)16-9-7-12-5-3-4-6-15(12)18-16/h3-6,8,10-11,16,18H,7,9H2,1-2H3. The zero-order chi connectivity index (χ0) is 13.9. The summed E-state index contributed by atoms with van der Waals surface area (Å²) in [6, 6.07) is 14.7. The first-order valence-electron chi connectivity index (χ1n) is 6.88. The average molecular weight is 269 g/mol. The molecule has 3 heteroatoms. The van der Waals surface area contributed by atoms with Gasteiger partial charge in [0.25, 0.3) is 0 Å². The largest absolute Gasteiger partial charge is 0.497 e. The number of methoxy groups -OCH3 is 2. The number of ether oxygens (including phenoxy) is 2. The smallest absolute Gasteiger partial charge is 0.124 e. The zero-order valence-electron chi connectivity index (χ0n) is 11.8. The number of rotatable bonds is 3. The highest BCUT2D eigenvalue weighted by Crippen LogP contribution is 2.37. The van der Waals surface area contributed by atoms with Crippen molar-refractivity contribution in [3.8, 4) is 11.5 Å². The summed E-state index contributed by atoms with van der Waals surface area (Å²) in [4.78, 5) is 0. The summed E-state index contributed by atoms with van der Waals surface area (Å²) < 4.78 is 10.8. The van der Waals surface area contributed by atoms with Crippen molar-refractivity contribution in [3.05, 3.63) is 53.6 Å². The highest BCUT2D eigenvalue weighted by Gasteiger charge is 2.22. The van der Waals surface area contributed by atoms with Crippen LogP contribution in [-0.4, -0.2) is 14.2 Å². The second-order valence-corrected chi connectivity index (χ2v) is 5.00. The molecule has 2 aromatic rings. The van der Waals surface area contributed by atoms with Gasteiger partial charge in [-0.2, -0.15) is 0 Å². The van der Waals surface area contributed by atoms with Crippen LogP contribution in [0.5, 0.6) is 11.5 Å². The van der Waals surface area contributed by atoms with E-state index in [0.29, 0.717) is 0 Å². The van der Waals surface area contributed by atoms with Gasteiger partial charge in [-0.15, -0.1) is 0 Å². The van der Waals surface area contributed by atoms with Crippen LogP contribution in [0.4, 0.5) is 5.69 Å². The normalized spacial score (nSPS) is 17.0. The fourth-order valence-electron chi connectivity index (χ4n) is 2.78. The molecule has 3 rings (SSSR count). The van der Waals surface area contributed by atoms with Gasteiger partial charge in [-0.05, 0) is 42.7 Å². The van der Waals surface area contributed by atoms with Crippen LogP contribution in [-0.2, 0) is 6.42 Å². The van der Waals surface area contributed by atoms with Gasteiger partial charge in [0.1, 0.15) is 11.5 Å². The average Bonchev–Trinajstić information content (AvgIpc) is 2.53. The van der Waals surface area contributed by atoms with Crippen LogP contribution in [0.2, 0.25) is 0 Å². The summed E-state index contributed by atoms with van der Waals surface area (Å²) in [6.45, 7) is 0. The van der Waals surface area contributed by atoms with E-state index in [4.69, 9.17) is 9.47 Å². The molecule has 0 saturated heterocycles. The number of fused-ring (bicyclic) bond motifs is 1. The Kier molecular flexibility index (Phi) is 3.50. The number of hydrogen-bond donors (Lipinski definition) is 1. The van der Waals surface area contributed by atoms with Crippen LogP contribution >= 0.6 is 0 Å². The molecule has 1 N–H and O–H groups in total. The molecule has 0 saturated carbocycles. The van der Waals surface area contributed by atoms with Gasteiger partial charge in [0.2, 0.25) is 0 Å². The van der Waals surface area contributed by atoms with Crippen LogP contribution in [0.15, 0.2) is 42.5 Å². The number of aryl methyl sites for hydroxylation is 1. The number of hydrogen-bond acceptors (Lipinski definition) is 3. The molecule has 3 nitrogen and oxygen atoms in total. The second kappa shape index (κ2) is 5.45. The molecule has 1 heterocycles. The lowest BCUT2D eigenvalue weighted by Gasteiger charge is -2.28. The van der Waals surface area contributed by atoms with Gasteiger partial charge >= 0.3 is 0 Å². The van der Waals surface area contributed by atoms with Crippen LogP contribution < -0.4 is 14.8 Å². The van der Waals surface area contributed by atoms with Crippen LogP contribution in [0.3, 0.4) is 0 Å². The Bertz CT molecular complexity index is 610. The Morgan fingerprint density at radius 3 is 2.70 bits per heavy atom. The molecule has 0 aromatic heterocycles. The van der Waals surface area contributed by atoms with E-state index >= 15 is 0 Å². The Morgan fingerprint density at radius 2 is 1.90 bits per heavy atom. The van der Waals surface area contributed by atoms with Crippen molar-refractivity contribution < 1.29 is 9.47 Å². The van der Waals surface area contributed by atoms with Crippen molar-refractivity contribution in [2.24, 2.45) is 0 Å². The molecule has 0 spiro atoms. The molecule has 104 valence electrons. The van der Waals surface area contributed by atoms with Gasteiger partial charge in [-0.1, -0.05) is 18.2 Å². The Morgan fingerprint density at radius 1 is 1.05 bits per heavy atom. The Balaban J connectivity index is 1.94. The second-order valence-electron chi connectivity index (χ2n) is 5.00. The first-order valence-corrected chi connectivity index (χ1v) is 6.88. The first-order chi connectivity index (χ1) is 9.81. The van der Waals surface area contributed by atoms with E-state index in [-0.39, 0.29) is 6.04 Å². The molecule has 0 fully saturated rings. The van der Waals surface area contributed by atoms with Crippen molar-refractivity contribution >= 4 is 5.69 Å². The van der Waals surface area contributed by atoms with Crippen molar-refractivity contribution in [3.63, 3.8) is 0 Å². The molecule has 0 amide bonds. The van der Waals surface area contributed by atoms with Gasteiger partial charge in [0.15, 0.2) is 0 Å². The quantitative estimate of drug-likeness (QED) is 0.919. The van der Waals surface area contributed by atoms with E-state index in [1.165, 1.54) is 11.3 Å². The van der Waals surface area contributed by atoms with Gasteiger partial charge < -0.3 is 14.8 Å². The maximum absolute atomic E-state index is 5.49. The lowest BCUT2D eigenvalue weighted by molar-refractivity contribution is 0.395. The maximum Gasteiger partial charge on any atom is 0.124 e. The molecule has 0 radical (unpaired) electrons. The van der Waals surface area contributed by atoms with Crippen LogP contribution in [0.1, 0.15) is 23.6 Å². The van der Waals surface area contributed by atoms with E-state index in [2.05, 4.69) is 35.6 Å². The number of para-hydroxylation sites is 1. The molecule has 2 aromatic carbocycles. The number of benzene rings is 2. The molecule has 20 heavy (non-hydrogen) atoms. The number of nitrogens with one attached hydrogen (secondary N) is 1. The molecular formula is C17H19NO2. The van der Waals surface area contributed by atoms with Gasteiger partial charge in [-0.3, -0.25) is 0 Å². The molecule has 0 aliphatic carbocycles. The van der Waals surface area contributed by atoms with Gasteiger partial charge in [-0.25, -0.2) is 0 Å². The van der Waals surface area contributed by atoms with Crippen molar-refractivity contribution in [1.82, 2.24) is 0 Å². The summed E-state index contributed by atoms with van der Waals surface area (Å²) in [5, 5.41) is 3.60. The van der Waals surface area contributed by atoms with Gasteiger partial charge in [0, 0.05) is 11.3 Å². The van der Waals surface area contributed by atoms with Crippen LogP contribution in [0, 0.1) is 0 Å². The third-order valence-corrected chi connectivity index (χ3v) is 3.86. The van der Waals surface area contributed by atoms with E-state index in [1.54, 1.807) is 14.2 Å². The maximum atomic E-state index is 5.49. The molecular weight excluding hydrogens is 250 g/mol. The van der Waals surface area contributed by atoms with E-state index < -0.39 is 0 Å². The van der Waals surface area contributed by atoms with Crippen molar-refractivity contribution in [2.75, 3.05) is 19.5 Å². The topological polar surface area (TPSA) is 30.5 Å². The first kappa shape index (κ1) is 12.9. The molecule has 1 unspecified atom stereocenters. The summed E-state index contributed by atoms with van der Waals surface area (Å²) in [5.41, 5.74) is 3.75. The summed E-state index contributed by atoms with van der Waals surface area (Å²) in [6.07, 6.45) is 2.13. The minimum absolute atomic E-state index is 0.259. The molecule has 1 aliphatic heterocycles. The lowest BCUT2D eigenvalue weighted by atomic mass is 9.93. The fourth-order valence-corrected chi connectivity index (χ4v) is 2.78. The van der Waals surface area contributed by atoms with Crippen molar-refractivity contribution in [1.29, 1.82) is 0 Å². The lowest BCUT2D eigenvalue weighted by Crippen LogP contribution is -2.18. The van der Waals surface area contributed by atoms with Gasteiger partial charge in [0.05, 0.1) is 20.3 Å². The Hall–Kier alpha value is -2.16. The predicted molar refractivity (Wildman–Crippen MR) is 80.7 cm³/mol. The predicted octanol–water partition coefficient (Wildman–Crippen LogP) is 3.80. The third-order valence-electron chi connectivity index (χ3n) is 3.86. The SMILES string of the molecule is COc1ccc(OC)c(C2CCc3ccccc3N2)c1. The summed E-state index contributed by atoms with van der Waals surface area (Å²) >= 11 is 0. The Labute approximate surface area is 119 Å². The summed E-state index contributed by atoms with van der Waals surface area (Å²) in [5.74, 6) is 1.77. The number of anilines is 1. The minimum atomic E-state index is 0.259. The highest BCUT2D eigenvalue weighted by molar-refractivity contribution is 5.56. The summed E-state index contributed by atoms with van der Waals surface area (Å²) in [7, 11) is 3.40. The van der Waals surface area contributed by atoms with Crippen molar-refractivity contribution in [2.45, 2.75) is 18.9 Å². The fraction of sp³-hybridized carbons (Fsp3) is 0.294.